The van der Waals surface area contributed by atoms with Gasteiger partial charge in [-0.1, -0.05) is 55.6 Å². The minimum atomic E-state index is -0.219. The Morgan fingerprint density at radius 2 is 1.80 bits per heavy atom. The average molecular weight is 334 g/mol. The zero-order chi connectivity index (χ0) is 15.1. The molecule has 0 aliphatic heterocycles. The van der Waals surface area contributed by atoms with Crippen LogP contribution in [0.4, 0.5) is 0 Å². The third-order valence-corrected chi connectivity index (χ3v) is 4.06. The molecule has 0 radical (unpaired) electrons. The van der Waals surface area contributed by atoms with Gasteiger partial charge < -0.3 is 5.11 Å². The molecule has 0 bridgehead atoms. The van der Waals surface area contributed by atoms with Gasteiger partial charge in [-0.3, -0.25) is 0 Å². The summed E-state index contributed by atoms with van der Waals surface area (Å²) in [6.07, 6.45) is 0. The number of nitrogens with zero attached hydrogens (tertiary/aromatic N) is 2. The number of aliphatic hydroxyl groups is 1. The molecule has 1 aromatic carbocycles. The predicted molar refractivity (Wildman–Crippen MR) is 83.2 cm³/mol. The average Bonchev–Trinajstić information content (AvgIpc) is 2.69. The van der Waals surface area contributed by atoms with Gasteiger partial charge in [0.1, 0.15) is 5.15 Å². The maximum absolute atomic E-state index is 9.54. The van der Waals surface area contributed by atoms with Crippen LogP contribution in [0.2, 0.25) is 15.2 Å². The molecule has 1 N–H and O–H groups in total. The van der Waals surface area contributed by atoms with Crippen LogP contribution in [0, 0.1) is 0 Å². The van der Waals surface area contributed by atoms with Gasteiger partial charge in [-0.25, -0.2) is 4.68 Å². The van der Waals surface area contributed by atoms with Gasteiger partial charge in [-0.15, -0.1) is 0 Å². The van der Waals surface area contributed by atoms with Crippen molar-refractivity contribution >= 4 is 34.8 Å². The fraction of sp³-hybridized carbons (Fsp3) is 0.357. The summed E-state index contributed by atoms with van der Waals surface area (Å²) < 4.78 is 1.57. The Kier molecular flexibility index (Phi) is 4.35. The summed E-state index contributed by atoms with van der Waals surface area (Å²) >= 11 is 18.3. The lowest BCUT2D eigenvalue weighted by molar-refractivity contribution is 0.278. The van der Waals surface area contributed by atoms with Crippen LogP contribution in [-0.2, 0) is 12.0 Å². The summed E-state index contributed by atoms with van der Waals surface area (Å²) in [5.74, 6) is 0. The Hall–Kier alpha value is -0.740. The molecule has 1 heterocycles. The lowest BCUT2D eigenvalue weighted by atomic mass is 9.90. The monoisotopic (exact) mass is 332 g/mol. The first-order valence-electron chi connectivity index (χ1n) is 6.10. The van der Waals surface area contributed by atoms with E-state index in [0.717, 1.165) is 5.69 Å². The summed E-state index contributed by atoms with van der Waals surface area (Å²) in [6, 6.07) is 5.16. The first-order valence-corrected chi connectivity index (χ1v) is 7.23. The smallest absolute Gasteiger partial charge is 0.138 e. The Bertz CT molecular complexity index is 645. The minimum absolute atomic E-state index is 0.160. The predicted octanol–water partition coefficient (Wildman–Crippen LogP) is 4.62. The van der Waals surface area contributed by atoms with Gasteiger partial charge >= 0.3 is 0 Å². The molecule has 0 saturated heterocycles. The van der Waals surface area contributed by atoms with E-state index in [0.29, 0.717) is 26.4 Å². The van der Waals surface area contributed by atoms with E-state index in [9.17, 15) is 5.11 Å². The summed E-state index contributed by atoms with van der Waals surface area (Å²) in [5, 5.41) is 15.3. The molecule has 2 rings (SSSR count). The number of rotatable bonds is 2. The molecule has 0 amide bonds. The van der Waals surface area contributed by atoms with Crippen molar-refractivity contribution in [2.75, 3.05) is 0 Å². The highest BCUT2D eigenvalue weighted by atomic mass is 35.5. The molecule has 0 aliphatic rings. The molecule has 108 valence electrons. The van der Waals surface area contributed by atoms with Gasteiger partial charge in [0, 0.05) is 11.0 Å². The molecule has 3 nitrogen and oxygen atoms in total. The SMILES string of the molecule is CC(C)(C)c1nn(-c2ccc(Cl)c(Cl)c2)c(Cl)c1CO. The number of halogens is 3. The summed E-state index contributed by atoms with van der Waals surface area (Å²) in [4.78, 5) is 0. The third kappa shape index (κ3) is 2.82. The van der Waals surface area contributed by atoms with Crippen LogP contribution in [0.15, 0.2) is 18.2 Å². The largest absolute Gasteiger partial charge is 0.391 e. The second-order valence-corrected chi connectivity index (χ2v) is 6.71. The van der Waals surface area contributed by atoms with Crippen molar-refractivity contribution in [3.8, 4) is 5.69 Å². The van der Waals surface area contributed by atoms with E-state index in [1.54, 1.807) is 22.9 Å². The normalized spacial score (nSPS) is 11.9. The second kappa shape index (κ2) is 5.57. The van der Waals surface area contributed by atoms with Crippen molar-refractivity contribution in [3.63, 3.8) is 0 Å². The molecule has 0 saturated carbocycles. The van der Waals surface area contributed by atoms with Crippen molar-refractivity contribution in [1.29, 1.82) is 0 Å². The third-order valence-electron chi connectivity index (χ3n) is 2.94. The fourth-order valence-corrected chi connectivity index (χ4v) is 2.54. The minimum Gasteiger partial charge on any atom is -0.391 e. The molecule has 20 heavy (non-hydrogen) atoms. The van der Waals surface area contributed by atoms with Gasteiger partial charge in [0.05, 0.1) is 28.0 Å². The van der Waals surface area contributed by atoms with Crippen LogP contribution in [-0.4, -0.2) is 14.9 Å². The van der Waals surface area contributed by atoms with Crippen LogP contribution in [0.3, 0.4) is 0 Å². The van der Waals surface area contributed by atoms with Gasteiger partial charge in [0.2, 0.25) is 0 Å². The first-order chi connectivity index (χ1) is 9.25. The van der Waals surface area contributed by atoms with Crippen LogP contribution in [0.25, 0.3) is 5.69 Å². The summed E-state index contributed by atoms with van der Waals surface area (Å²) in [7, 11) is 0. The van der Waals surface area contributed by atoms with Crippen molar-refractivity contribution in [1.82, 2.24) is 9.78 Å². The van der Waals surface area contributed by atoms with Crippen LogP contribution in [0.1, 0.15) is 32.0 Å². The van der Waals surface area contributed by atoms with E-state index in [1.807, 2.05) is 20.8 Å². The Morgan fingerprint density at radius 3 is 2.25 bits per heavy atom. The highest BCUT2D eigenvalue weighted by Gasteiger charge is 2.26. The maximum atomic E-state index is 9.54. The van der Waals surface area contributed by atoms with Crippen LogP contribution in [0.5, 0.6) is 0 Å². The number of aliphatic hydroxyl groups excluding tert-OH is 1. The highest BCUT2D eigenvalue weighted by Crippen LogP contribution is 2.33. The van der Waals surface area contributed by atoms with Crippen LogP contribution >= 0.6 is 34.8 Å². The molecular formula is C14H15Cl3N2O. The molecule has 0 fully saturated rings. The van der Waals surface area contributed by atoms with Crippen molar-refractivity contribution in [2.45, 2.75) is 32.8 Å². The Labute approximate surface area is 133 Å². The number of hydrogen-bond acceptors (Lipinski definition) is 2. The Morgan fingerprint density at radius 1 is 1.15 bits per heavy atom. The lowest BCUT2D eigenvalue weighted by Gasteiger charge is -2.16. The quantitative estimate of drug-likeness (QED) is 0.870. The van der Waals surface area contributed by atoms with E-state index in [-0.39, 0.29) is 12.0 Å². The summed E-state index contributed by atoms with van der Waals surface area (Å²) in [5.41, 5.74) is 1.87. The molecule has 0 unspecified atom stereocenters. The van der Waals surface area contributed by atoms with E-state index in [4.69, 9.17) is 34.8 Å². The molecular weight excluding hydrogens is 319 g/mol. The number of benzene rings is 1. The molecule has 6 heteroatoms. The van der Waals surface area contributed by atoms with Gasteiger partial charge in [-0.2, -0.15) is 5.10 Å². The fourth-order valence-electron chi connectivity index (χ4n) is 1.96. The van der Waals surface area contributed by atoms with E-state index in [1.165, 1.54) is 0 Å². The highest BCUT2D eigenvalue weighted by molar-refractivity contribution is 6.42. The molecule has 2 aromatic rings. The van der Waals surface area contributed by atoms with Gasteiger partial charge in [-0.05, 0) is 18.2 Å². The lowest BCUT2D eigenvalue weighted by Crippen LogP contribution is -2.15. The zero-order valence-corrected chi connectivity index (χ0v) is 13.7. The van der Waals surface area contributed by atoms with Crippen molar-refractivity contribution in [2.24, 2.45) is 0 Å². The van der Waals surface area contributed by atoms with Crippen LogP contribution < -0.4 is 0 Å². The first kappa shape index (κ1) is 15.6. The maximum Gasteiger partial charge on any atom is 0.138 e. The van der Waals surface area contributed by atoms with E-state index < -0.39 is 0 Å². The standard InChI is InChI=1S/C14H15Cl3N2O/c1-14(2,3)12-9(7-20)13(17)19(18-12)8-4-5-10(15)11(16)6-8/h4-6,20H,7H2,1-3H3. The van der Waals surface area contributed by atoms with Crippen molar-refractivity contribution < 1.29 is 5.11 Å². The molecule has 0 spiro atoms. The van der Waals surface area contributed by atoms with Crippen molar-refractivity contribution in [3.05, 3.63) is 44.7 Å². The van der Waals surface area contributed by atoms with Gasteiger partial charge in [0.25, 0.3) is 0 Å². The van der Waals surface area contributed by atoms with Gasteiger partial charge in [0.15, 0.2) is 0 Å². The topological polar surface area (TPSA) is 38.0 Å². The zero-order valence-electron chi connectivity index (χ0n) is 11.4. The Balaban J connectivity index is 2.63. The van der Waals surface area contributed by atoms with E-state index >= 15 is 0 Å². The number of aromatic nitrogens is 2. The second-order valence-electron chi connectivity index (χ2n) is 5.54. The summed E-state index contributed by atoms with van der Waals surface area (Å²) in [6.45, 7) is 5.89. The van der Waals surface area contributed by atoms with E-state index in [2.05, 4.69) is 5.10 Å². The molecule has 1 aromatic heterocycles. The molecule has 0 aliphatic carbocycles. The molecule has 0 atom stereocenters. The number of hydrogen-bond donors (Lipinski definition) is 1.